The summed E-state index contributed by atoms with van der Waals surface area (Å²) in [5.74, 6) is -0.896. The van der Waals surface area contributed by atoms with E-state index in [2.05, 4.69) is 21.2 Å². The number of carbonyl (C=O) groups excluding carboxylic acids is 1. The molecule has 1 aromatic carbocycles. The molecule has 0 bridgehead atoms. The molecule has 5 heteroatoms. The Morgan fingerprint density at radius 3 is 2.68 bits per heavy atom. The number of hydrogen-bond donors (Lipinski definition) is 2. The lowest BCUT2D eigenvalue weighted by Gasteiger charge is -2.11. The van der Waals surface area contributed by atoms with Crippen LogP contribution in [0.5, 0.6) is 0 Å². The van der Waals surface area contributed by atoms with E-state index in [-0.39, 0.29) is 12.5 Å². The SMILES string of the molecule is O=C(CCc1cccc(Br)c1)NCC1(C(=O)O)CC1. The van der Waals surface area contributed by atoms with Gasteiger partial charge in [0, 0.05) is 17.4 Å². The third-order valence-electron chi connectivity index (χ3n) is 3.46. The van der Waals surface area contributed by atoms with Crippen molar-refractivity contribution < 1.29 is 14.7 Å². The van der Waals surface area contributed by atoms with Crippen molar-refractivity contribution in [2.75, 3.05) is 6.54 Å². The highest BCUT2D eigenvalue weighted by atomic mass is 79.9. The zero-order valence-corrected chi connectivity index (χ0v) is 12.1. The van der Waals surface area contributed by atoms with Gasteiger partial charge >= 0.3 is 5.97 Å². The summed E-state index contributed by atoms with van der Waals surface area (Å²) in [6.45, 7) is 0.250. The number of carbonyl (C=O) groups is 2. The van der Waals surface area contributed by atoms with Crippen molar-refractivity contribution in [2.45, 2.75) is 25.7 Å². The molecule has 1 aliphatic carbocycles. The van der Waals surface area contributed by atoms with Gasteiger partial charge in [0.15, 0.2) is 0 Å². The highest BCUT2D eigenvalue weighted by Crippen LogP contribution is 2.45. The zero-order chi connectivity index (χ0) is 13.9. The van der Waals surface area contributed by atoms with Crippen molar-refractivity contribution in [1.29, 1.82) is 0 Å². The Bertz CT molecular complexity index is 497. The summed E-state index contributed by atoms with van der Waals surface area (Å²) in [5.41, 5.74) is 0.398. The number of rotatable bonds is 6. The van der Waals surface area contributed by atoms with E-state index in [4.69, 9.17) is 5.11 Å². The number of hydrogen-bond acceptors (Lipinski definition) is 2. The van der Waals surface area contributed by atoms with Gasteiger partial charge in [-0.2, -0.15) is 0 Å². The third-order valence-corrected chi connectivity index (χ3v) is 3.95. The van der Waals surface area contributed by atoms with Crippen molar-refractivity contribution in [3.05, 3.63) is 34.3 Å². The number of carboxylic acid groups (broad SMARTS) is 1. The van der Waals surface area contributed by atoms with Crippen molar-refractivity contribution >= 4 is 27.8 Å². The topological polar surface area (TPSA) is 66.4 Å². The van der Waals surface area contributed by atoms with Crippen LogP contribution in [0.3, 0.4) is 0 Å². The Morgan fingerprint density at radius 1 is 1.37 bits per heavy atom. The van der Waals surface area contributed by atoms with Crippen molar-refractivity contribution in [2.24, 2.45) is 5.41 Å². The first kappa shape index (κ1) is 14.1. The van der Waals surface area contributed by atoms with E-state index in [0.717, 1.165) is 10.0 Å². The van der Waals surface area contributed by atoms with E-state index in [1.54, 1.807) is 0 Å². The van der Waals surface area contributed by atoms with Gasteiger partial charge in [0.05, 0.1) is 5.41 Å². The molecule has 2 N–H and O–H groups in total. The Morgan fingerprint density at radius 2 is 2.11 bits per heavy atom. The number of benzene rings is 1. The summed E-state index contributed by atoms with van der Waals surface area (Å²) in [5, 5.41) is 11.7. The van der Waals surface area contributed by atoms with Crippen LogP contribution >= 0.6 is 15.9 Å². The van der Waals surface area contributed by atoms with Crippen LogP contribution in [0.15, 0.2) is 28.7 Å². The summed E-state index contributed by atoms with van der Waals surface area (Å²) < 4.78 is 0.994. The minimum atomic E-state index is -0.806. The van der Waals surface area contributed by atoms with E-state index in [9.17, 15) is 9.59 Å². The maximum Gasteiger partial charge on any atom is 0.311 e. The quantitative estimate of drug-likeness (QED) is 0.843. The molecule has 1 aliphatic rings. The average molecular weight is 326 g/mol. The number of nitrogens with one attached hydrogen (secondary N) is 1. The van der Waals surface area contributed by atoms with E-state index in [1.807, 2.05) is 24.3 Å². The second-order valence-electron chi connectivity index (χ2n) is 4.99. The van der Waals surface area contributed by atoms with Crippen LogP contribution in [0.25, 0.3) is 0 Å². The summed E-state index contributed by atoms with van der Waals surface area (Å²) in [7, 11) is 0. The maximum atomic E-state index is 11.7. The molecule has 0 unspecified atom stereocenters. The minimum Gasteiger partial charge on any atom is -0.481 e. The molecule has 1 amide bonds. The number of aliphatic carboxylic acids is 1. The Kier molecular flexibility index (Phi) is 4.24. The largest absolute Gasteiger partial charge is 0.481 e. The van der Waals surface area contributed by atoms with E-state index >= 15 is 0 Å². The van der Waals surface area contributed by atoms with Crippen LogP contribution < -0.4 is 5.32 Å². The van der Waals surface area contributed by atoms with Gasteiger partial charge in [0.1, 0.15) is 0 Å². The lowest BCUT2D eigenvalue weighted by molar-refractivity contribution is -0.143. The van der Waals surface area contributed by atoms with Gasteiger partial charge in [-0.15, -0.1) is 0 Å². The number of carboxylic acids is 1. The molecule has 1 saturated carbocycles. The first-order valence-electron chi connectivity index (χ1n) is 6.26. The van der Waals surface area contributed by atoms with Crippen molar-refractivity contribution in [3.63, 3.8) is 0 Å². The summed E-state index contributed by atoms with van der Waals surface area (Å²) in [4.78, 5) is 22.6. The molecular formula is C14H16BrNO3. The monoisotopic (exact) mass is 325 g/mol. The molecule has 0 spiro atoms. The second kappa shape index (κ2) is 5.74. The van der Waals surface area contributed by atoms with Crippen molar-refractivity contribution in [3.8, 4) is 0 Å². The standard InChI is InChI=1S/C14H16BrNO3/c15-11-3-1-2-10(8-11)4-5-12(17)16-9-14(6-7-14)13(18)19/h1-3,8H,4-7,9H2,(H,16,17)(H,18,19). The van der Waals surface area contributed by atoms with E-state index in [0.29, 0.717) is 25.7 Å². The lowest BCUT2D eigenvalue weighted by atomic mass is 10.1. The van der Waals surface area contributed by atoms with Gasteiger partial charge in [-0.25, -0.2) is 0 Å². The van der Waals surface area contributed by atoms with Crippen LogP contribution in [0, 0.1) is 5.41 Å². The minimum absolute atomic E-state index is 0.0903. The average Bonchev–Trinajstić information content (AvgIpc) is 3.15. The number of aryl methyl sites for hydroxylation is 1. The summed E-state index contributed by atoms with van der Waals surface area (Å²) in [6.07, 6.45) is 2.36. The lowest BCUT2D eigenvalue weighted by Crippen LogP contribution is -2.34. The first-order valence-corrected chi connectivity index (χ1v) is 7.06. The fourth-order valence-electron chi connectivity index (χ4n) is 1.92. The Hall–Kier alpha value is -1.36. The predicted octanol–water partition coefficient (Wildman–Crippen LogP) is 2.36. The van der Waals surface area contributed by atoms with E-state index < -0.39 is 11.4 Å². The number of amides is 1. The fraction of sp³-hybridized carbons (Fsp3) is 0.429. The molecule has 102 valence electrons. The van der Waals surface area contributed by atoms with Crippen LogP contribution in [0.4, 0.5) is 0 Å². The Balaban J connectivity index is 1.75. The first-order chi connectivity index (χ1) is 9.02. The smallest absolute Gasteiger partial charge is 0.311 e. The predicted molar refractivity (Wildman–Crippen MR) is 74.8 cm³/mol. The molecule has 1 aromatic rings. The maximum absolute atomic E-state index is 11.7. The van der Waals surface area contributed by atoms with Crippen LogP contribution in [-0.4, -0.2) is 23.5 Å². The number of halogens is 1. The highest BCUT2D eigenvalue weighted by Gasteiger charge is 2.50. The molecule has 2 rings (SSSR count). The molecule has 1 fully saturated rings. The van der Waals surface area contributed by atoms with Gasteiger partial charge in [0.25, 0.3) is 0 Å². The molecule has 0 aliphatic heterocycles. The second-order valence-corrected chi connectivity index (χ2v) is 5.91. The normalized spacial score (nSPS) is 15.8. The van der Waals surface area contributed by atoms with Crippen molar-refractivity contribution in [1.82, 2.24) is 5.32 Å². The van der Waals surface area contributed by atoms with Crippen LogP contribution in [0.1, 0.15) is 24.8 Å². The molecule has 19 heavy (non-hydrogen) atoms. The van der Waals surface area contributed by atoms with Crippen LogP contribution in [0.2, 0.25) is 0 Å². The Labute approximate surface area is 120 Å². The van der Waals surface area contributed by atoms with Gasteiger partial charge in [0.2, 0.25) is 5.91 Å². The van der Waals surface area contributed by atoms with Gasteiger partial charge in [-0.3, -0.25) is 9.59 Å². The molecule has 0 atom stereocenters. The molecular weight excluding hydrogens is 310 g/mol. The highest BCUT2D eigenvalue weighted by molar-refractivity contribution is 9.10. The molecule has 4 nitrogen and oxygen atoms in total. The molecule has 0 heterocycles. The van der Waals surface area contributed by atoms with Gasteiger partial charge < -0.3 is 10.4 Å². The van der Waals surface area contributed by atoms with E-state index in [1.165, 1.54) is 0 Å². The third kappa shape index (κ3) is 3.80. The summed E-state index contributed by atoms with van der Waals surface area (Å²) in [6, 6.07) is 7.82. The molecule has 0 radical (unpaired) electrons. The van der Waals surface area contributed by atoms with Gasteiger partial charge in [-0.1, -0.05) is 28.1 Å². The molecule has 0 saturated heterocycles. The molecule has 0 aromatic heterocycles. The van der Waals surface area contributed by atoms with Crippen LogP contribution in [-0.2, 0) is 16.0 Å². The summed E-state index contributed by atoms with van der Waals surface area (Å²) >= 11 is 3.38. The zero-order valence-electron chi connectivity index (χ0n) is 10.5. The van der Waals surface area contributed by atoms with Gasteiger partial charge in [-0.05, 0) is 37.0 Å². The fourth-order valence-corrected chi connectivity index (χ4v) is 2.37.